The molecule has 4 aromatic heterocycles. The number of aromatic nitrogens is 4. The summed E-state index contributed by atoms with van der Waals surface area (Å²) in [6.07, 6.45) is 8.26. The number of piperazine rings is 1. The molecule has 2 atom stereocenters. The number of fused-ring (bicyclic) bond motifs is 4. The highest BCUT2D eigenvalue weighted by Gasteiger charge is 2.45. The number of piperidine rings is 2. The number of hydrogen-bond acceptors (Lipinski definition) is 13. The first kappa shape index (κ1) is 41.8. The molecule has 362 valence electrons. The van der Waals surface area contributed by atoms with Crippen molar-refractivity contribution >= 4 is 58.2 Å². The van der Waals surface area contributed by atoms with Crippen LogP contribution in [-0.4, -0.2) is 121 Å². The molecular weight excluding hydrogens is 891 g/mol. The van der Waals surface area contributed by atoms with E-state index in [0.29, 0.717) is 51.9 Å². The van der Waals surface area contributed by atoms with Crippen LogP contribution in [-0.2, 0) is 42.6 Å². The number of aliphatic hydroxyl groups is 1. The number of nitrogens with one attached hydrogen (secondary N) is 2. The summed E-state index contributed by atoms with van der Waals surface area (Å²) in [6.45, 7) is 8.11. The second-order valence-electron chi connectivity index (χ2n) is 20.2. The van der Waals surface area contributed by atoms with Crippen LogP contribution in [0.2, 0.25) is 0 Å². The average molecular weight is 951 g/mol. The Morgan fingerprint density at radius 1 is 0.843 bits per heavy atom. The number of aliphatic hydroxyl groups excluding tert-OH is 1. The molecule has 3 fully saturated rings. The van der Waals surface area contributed by atoms with Crippen molar-refractivity contribution in [3.63, 3.8) is 0 Å². The summed E-state index contributed by atoms with van der Waals surface area (Å²) in [5, 5.41) is 16.2. The quantitative estimate of drug-likeness (QED) is 0.178. The van der Waals surface area contributed by atoms with Crippen LogP contribution in [0.15, 0.2) is 71.9 Å². The Hall–Kier alpha value is -7.18. The summed E-state index contributed by atoms with van der Waals surface area (Å²) >= 11 is 0. The van der Waals surface area contributed by atoms with E-state index in [4.69, 9.17) is 4.11 Å². The van der Waals surface area contributed by atoms with E-state index in [1.165, 1.54) is 29.7 Å². The largest absolute Gasteiger partial charge is 0.392 e. The molecule has 0 radical (unpaired) electrons. The molecule has 5 aromatic rings. The van der Waals surface area contributed by atoms with Gasteiger partial charge in [-0.05, 0) is 104 Å². The Kier molecular flexibility index (Phi) is 10.3. The number of benzene rings is 1. The van der Waals surface area contributed by atoms with E-state index >= 15 is 0 Å². The Labute approximate surface area is 409 Å². The van der Waals surface area contributed by atoms with Gasteiger partial charge in [-0.3, -0.25) is 48.8 Å². The molecule has 5 amide bonds. The normalized spacial score (nSPS) is 22.4. The average Bonchev–Trinajstić information content (AvgIpc) is 3.95. The van der Waals surface area contributed by atoms with Crippen LogP contribution >= 0.6 is 0 Å². The Bertz CT molecular complexity index is 3180. The maximum atomic E-state index is 14.1. The van der Waals surface area contributed by atoms with Gasteiger partial charge >= 0.3 is 0 Å². The Morgan fingerprint density at radius 3 is 2.39 bits per heavy atom. The summed E-state index contributed by atoms with van der Waals surface area (Å²) in [5.41, 5.74) is 5.59. The van der Waals surface area contributed by atoms with Crippen LogP contribution in [0.25, 0.3) is 11.1 Å². The molecule has 0 bridgehead atoms. The van der Waals surface area contributed by atoms with Crippen molar-refractivity contribution < 1.29 is 33.2 Å². The van der Waals surface area contributed by atoms with Crippen molar-refractivity contribution in [2.75, 3.05) is 59.3 Å². The predicted octanol–water partition coefficient (Wildman–Crippen LogP) is 4.25. The minimum absolute atomic E-state index is 0.0374. The number of carbonyl (C=O) groups excluding carboxylic acids is 5. The smallest absolute Gasteiger partial charge is 0.276 e. The molecule has 0 unspecified atom stereocenters. The Balaban J connectivity index is 0.744. The fourth-order valence-electron chi connectivity index (χ4n) is 11.7. The van der Waals surface area contributed by atoms with E-state index in [-0.39, 0.29) is 52.8 Å². The number of anilines is 5. The molecule has 1 aliphatic carbocycles. The first-order valence-electron chi connectivity index (χ1n) is 25.6. The highest BCUT2D eigenvalue weighted by molar-refractivity contribution is 6.23. The van der Waals surface area contributed by atoms with E-state index in [1.807, 2.05) is 18.2 Å². The van der Waals surface area contributed by atoms with Gasteiger partial charge in [0.1, 0.15) is 29.1 Å². The van der Waals surface area contributed by atoms with Crippen LogP contribution < -0.4 is 30.9 Å². The van der Waals surface area contributed by atoms with Gasteiger partial charge in [0.15, 0.2) is 0 Å². The van der Waals surface area contributed by atoms with E-state index in [9.17, 15) is 33.9 Å². The minimum Gasteiger partial charge on any atom is -0.392 e. The summed E-state index contributed by atoms with van der Waals surface area (Å²) in [5.74, 6) is -1.72. The zero-order chi connectivity index (χ0) is 51.2. The summed E-state index contributed by atoms with van der Waals surface area (Å²) in [4.78, 5) is 97.6. The maximum Gasteiger partial charge on any atom is 0.276 e. The number of amides is 5. The predicted molar refractivity (Wildman–Crippen MR) is 262 cm³/mol. The van der Waals surface area contributed by atoms with Gasteiger partial charge in [0, 0.05) is 110 Å². The molecule has 18 heteroatoms. The van der Waals surface area contributed by atoms with Gasteiger partial charge in [0.2, 0.25) is 11.8 Å². The summed E-state index contributed by atoms with van der Waals surface area (Å²) in [7, 11) is 0. The van der Waals surface area contributed by atoms with Gasteiger partial charge in [-0.2, -0.15) is 0 Å². The fourth-order valence-corrected chi connectivity index (χ4v) is 11.7. The maximum absolute atomic E-state index is 14.1. The number of rotatable bonds is 9. The van der Waals surface area contributed by atoms with Crippen LogP contribution in [0.4, 0.5) is 28.7 Å². The van der Waals surface area contributed by atoms with Crippen LogP contribution in [0.5, 0.6) is 0 Å². The number of aryl methyl sites for hydroxylation is 1. The fraction of sp³-hybridized carbons (Fsp3) is 0.423. The van der Waals surface area contributed by atoms with Crippen molar-refractivity contribution in [1.82, 2.24) is 34.2 Å². The number of carbonyl (C=O) groups is 5. The van der Waals surface area contributed by atoms with Crippen molar-refractivity contribution in [2.24, 2.45) is 12.4 Å². The van der Waals surface area contributed by atoms with Gasteiger partial charge in [0.05, 0.1) is 29.6 Å². The molecule has 11 rings (SSSR count). The molecule has 0 spiro atoms. The first-order chi connectivity index (χ1) is 34.9. The lowest BCUT2D eigenvalue weighted by Gasteiger charge is -2.46. The molecule has 9 heterocycles. The standard InChI is InChI=1S/C52H57N11O7/c1-30-27-59(33-12-15-58(16-13-33)34-5-7-37-38(23-34)49(68)63(48(37)67)41-8-10-45(65)56-47(41)66)17-18-60(30)35-6-9-44(54-26-35)55-40-21-32(28-57(4)50(40)69)36-11-14-53-46(39(36)29-64)62-20-19-61-42(51(62)70)22-31-24-52(2,3)25-43(31)61/h5-7,9,11,14,21-23,26,28,30,33,41,64H,8,10,12-13,15-20,24-25,27,29H2,1-4H3,(H,54,55)(H,56,65,66)/t30-,41-/m0/s1/i4D3. The van der Waals surface area contributed by atoms with Crippen molar-refractivity contribution in [2.45, 2.75) is 90.6 Å². The van der Waals surface area contributed by atoms with Crippen molar-refractivity contribution in [1.29, 1.82) is 0 Å². The zero-order valence-corrected chi connectivity index (χ0v) is 39.4. The lowest BCUT2D eigenvalue weighted by molar-refractivity contribution is -0.136. The lowest BCUT2D eigenvalue weighted by Crippen LogP contribution is -2.57. The van der Waals surface area contributed by atoms with E-state index in [1.54, 1.807) is 35.4 Å². The highest BCUT2D eigenvalue weighted by Crippen LogP contribution is 2.41. The van der Waals surface area contributed by atoms with Crippen LogP contribution in [0.3, 0.4) is 0 Å². The zero-order valence-electron chi connectivity index (χ0n) is 42.4. The molecule has 1 aromatic carbocycles. The SMILES string of the molecule is [2H]C([2H])([2H])n1cc(-c2ccnc(N3CCn4c(cc5c4CC(C)(C)C5)C3=O)c2CO)cc(Nc2ccc(N3CCN(C4CCN(c5ccc6c(c5)C(=O)N([C@H]5CCC(=O)NC5=O)C6=O)CC4)C[C@@H]3C)cn2)c1=O. The first-order valence-corrected chi connectivity index (χ1v) is 24.1. The third-order valence-electron chi connectivity index (χ3n) is 15.2. The van der Waals surface area contributed by atoms with Crippen molar-refractivity contribution in [3.05, 3.63) is 111 Å². The molecular formula is C52H57N11O7. The molecule has 70 heavy (non-hydrogen) atoms. The second-order valence-corrected chi connectivity index (χ2v) is 20.2. The van der Waals surface area contributed by atoms with Gasteiger partial charge in [-0.25, -0.2) is 9.97 Å². The second kappa shape index (κ2) is 17.3. The number of hydrogen-bond donors (Lipinski definition) is 3. The van der Waals surface area contributed by atoms with Gasteiger partial charge in [-0.1, -0.05) is 13.8 Å². The molecule has 3 saturated heterocycles. The monoisotopic (exact) mass is 950 g/mol. The third-order valence-corrected chi connectivity index (χ3v) is 15.2. The molecule has 3 N–H and O–H groups in total. The summed E-state index contributed by atoms with van der Waals surface area (Å²) < 4.78 is 27.6. The van der Waals surface area contributed by atoms with E-state index < -0.39 is 48.8 Å². The molecule has 6 aliphatic rings. The molecule has 0 saturated carbocycles. The number of pyridine rings is 3. The molecule has 5 aliphatic heterocycles. The minimum atomic E-state index is -2.84. The van der Waals surface area contributed by atoms with Gasteiger partial charge < -0.3 is 29.4 Å². The summed E-state index contributed by atoms with van der Waals surface area (Å²) in [6, 6.07) is 13.6. The van der Waals surface area contributed by atoms with Gasteiger partial charge in [0.25, 0.3) is 23.3 Å². The van der Waals surface area contributed by atoms with Gasteiger partial charge in [-0.15, -0.1) is 0 Å². The van der Waals surface area contributed by atoms with E-state index in [0.717, 1.165) is 74.7 Å². The number of imide groups is 2. The van der Waals surface area contributed by atoms with Crippen LogP contribution in [0, 0.1) is 5.41 Å². The number of nitrogens with zero attached hydrogens (tertiary/aromatic N) is 9. The Morgan fingerprint density at radius 2 is 1.64 bits per heavy atom. The lowest BCUT2D eigenvalue weighted by atomic mass is 9.90. The topological polar surface area (TPSA) is 199 Å². The van der Waals surface area contributed by atoms with Crippen molar-refractivity contribution in [3.8, 4) is 11.1 Å². The third kappa shape index (κ3) is 7.82. The highest BCUT2D eigenvalue weighted by atomic mass is 16.3. The van der Waals surface area contributed by atoms with E-state index in [2.05, 4.69) is 60.6 Å². The van der Waals surface area contributed by atoms with Crippen LogP contribution in [0.1, 0.15) is 98.6 Å². The molecule has 18 nitrogen and oxygen atoms in total.